The lowest BCUT2D eigenvalue weighted by molar-refractivity contribution is -0.384. The number of nitrogens with zero attached hydrogens (tertiary/aromatic N) is 1. The third-order valence-electron chi connectivity index (χ3n) is 2.74. The number of hydrogen-bond acceptors (Lipinski definition) is 6. The molecule has 1 atom stereocenters. The SMILES string of the molecule is CCNC(=O)[C@@H](C)OC(=O)CNC(=O)c1cccc([N+](=O)[O-])c1. The van der Waals surface area contributed by atoms with Crippen LogP contribution in [-0.4, -0.2) is 41.9 Å². The van der Waals surface area contributed by atoms with Gasteiger partial charge in [-0.2, -0.15) is 0 Å². The molecule has 23 heavy (non-hydrogen) atoms. The Morgan fingerprint density at radius 3 is 2.61 bits per heavy atom. The van der Waals surface area contributed by atoms with E-state index in [1.54, 1.807) is 6.92 Å². The summed E-state index contributed by atoms with van der Waals surface area (Å²) >= 11 is 0. The Bertz CT molecular complexity index is 616. The molecule has 9 nitrogen and oxygen atoms in total. The number of hydrogen-bond donors (Lipinski definition) is 2. The number of carbonyl (C=O) groups is 3. The zero-order valence-corrected chi connectivity index (χ0v) is 12.7. The molecule has 0 saturated carbocycles. The summed E-state index contributed by atoms with van der Waals surface area (Å²) in [5.41, 5.74) is -0.186. The van der Waals surface area contributed by atoms with Crippen LogP contribution in [-0.2, 0) is 14.3 Å². The van der Waals surface area contributed by atoms with Gasteiger partial charge in [0.15, 0.2) is 6.10 Å². The fourth-order valence-corrected chi connectivity index (χ4v) is 1.63. The highest BCUT2D eigenvalue weighted by atomic mass is 16.6. The number of carbonyl (C=O) groups excluding carboxylic acids is 3. The molecule has 0 aromatic heterocycles. The Labute approximate surface area is 132 Å². The minimum Gasteiger partial charge on any atom is -0.451 e. The van der Waals surface area contributed by atoms with Crippen LogP contribution in [0.1, 0.15) is 24.2 Å². The van der Waals surface area contributed by atoms with E-state index in [4.69, 9.17) is 4.74 Å². The highest BCUT2D eigenvalue weighted by Gasteiger charge is 2.18. The molecule has 1 aromatic carbocycles. The standard InChI is InChI=1S/C14H17N3O6/c1-3-15-13(19)9(2)23-12(18)8-16-14(20)10-5-4-6-11(7-10)17(21)22/h4-7,9H,3,8H2,1-2H3,(H,15,19)(H,16,20)/t9-/m1/s1. The highest BCUT2D eigenvalue weighted by Crippen LogP contribution is 2.12. The van der Waals surface area contributed by atoms with E-state index in [1.807, 2.05) is 0 Å². The number of ether oxygens (including phenoxy) is 1. The molecule has 0 aliphatic carbocycles. The van der Waals surface area contributed by atoms with Crippen LogP contribution >= 0.6 is 0 Å². The molecule has 9 heteroatoms. The second-order valence-corrected chi connectivity index (χ2v) is 4.52. The maximum atomic E-state index is 11.8. The highest BCUT2D eigenvalue weighted by molar-refractivity contribution is 5.96. The molecule has 0 unspecified atom stereocenters. The van der Waals surface area contributed by atoms with Crippen molar-refractivity contribution in [3.05, 3.63) is 39.9 Å². The van der Waals surface area contributed by atoms with Gasteiger partial charge in [-0.1, -0.05) is 6.07 Å². The fourth-order valence-electron chi connectivity index (χ4n) is 1.63. The summed E-state index contributed by atoms with van der Waals surface area (Å²) in [5, 5.41) is 15.4. The van der Waals surface area contributed by atoms with E-state index in [2.05, 4.69) is 10.6 Å². The molecule has 1 rings (SSSR count). The van der Waals surface area contributed by atoms with Crippen LogP contribution in [0.3, 0.4) is 0 Å². The summed E-state index contributed by atoms with van der Waals surface area (Å²) in [6.45, 7) is 3.09. The lowest BCUT2D eigenvalue weighted by Gasteiger charge is -2.12. The van der Waals surface area contributed by atoms with Crippen LogP contribution in [0.4, 0.5) is 5.69 Å². The van der Waals surface area contributed by atoms with Crippen molar-refractivity contribution in [3.8, 4) is 0 Å². The van der Waals surface area contributed by atoms with Gasteiger partial charge in [0, 0.05) is 24.2 Å². The predicted octanol–water partition coefficient (Wildman–Crippen LogP) is 0.392. The zero-order chi connectivity index (χ0) is 17.4. The first-order valence-electron chi connectivity index (χ1n) is 6.85. The van der Waals surface area contributed by atoms with Gasteiger partial charge in [-0.15, -0.1) is 0 Å². The van der Waals surface area contributed by atoms with Crippen molar-refractivity contribution >= 4 is 23.5 Å². The van der Waals surface area contributed by atoms with Crippen molar-refractivity contribution in [2.75, 3.05) is 13.1 Å². The smallest absolute Gasteiger partial charge is 0.326 e. The maximum Gasteiger partial charge on any atom is 0.326 e. The van der Waals surface area contributed by atoms with Crippen LogP contribution in [0.5, 0.6) is 0 Å². The largest absolute Gasteiger partial charge is 0.451 e. The summed E-state index contributed by atoms with van der Waals surface area (Å²) in [6.07, 6.45) is -0.975. The number of nitro benzene ring substituents is 1. The van der Waals surface area contributed by atoms with Gasteiger partial charge >= 0.3 is 5.97 Å². The van der Waals surface area contributed by atoms with Gasteiger partial charge in [-0.05, 0) is 19.9 Å². The van der Waals surface area contributed by atoms with E-state index in [9.17, 15) is 24.5 Å². The molecule has 0 aliphatic rings. The molecule has 124 valence electrons. The lowest BCUT2D eigenvalue weighted by atomic mass is 10.2. The van der Waals surface area contributed by atoms with Gasteiger partial charge in [0.1, 0.15) is 6.54 Å². The average Bonchev–Trinajstić information content (AvgIpc) is 2.52. The molecule has 0 aliphatic heterocycles. The summed E-state index contributed by atoms with van der Waals surface area (Å²) in [5.74, 6) is -1.88. The summed E-state index contributed by atoms with van der Waals surface area (Å²) in [4.78, 5) is 44.8. The second kappa shape index (κ2) is 8.47. The molecular formula is C14H17N3O6. The van der Waals surface area contributed by atoms with Crippen molar-refractivity contribution < 1.29 is 24.0 Å². The Balaban J connectivity index is 2.52. The number of likely N-dealkylation sites (N-methyl/N-ethyl adjacent to an activating group) is 1. The molecule has 0 heterocycles. The Morgan fingerprint density at radius 2 is 2.00 bits per heavy atom. The fraction of sp³-hybridized carbons (Fsp3) is 0.357. The molecule has 0 radical (unpaired) electrons. The molecule has 1 aromatic rings. The summed E-state index contributed by atoms with van der Waals surface area (Å²) < 4.78 is 4.84. The molecule has 0 saturated heterocycles. The summed E-state index contributed by atoms with van der Waals surface area (Å²) in [6, 6.07) is 5.09. The van der Waals surface area contributed by atoms with Crippen molar-refractivity contribution in [1.29, 1.82) is 0 Å². The van der Waals surface area contributed by atoms with Gasteiger partial charge < -0.3 is 15.4 Å². The number of esters is 1. The molecular weight excluding hydrogens is 306 g/mol. The van der Waals surface area contributed by atoms with Gasteiger partial charge in [0.25, 0.3) is 17.5 Å². The predicted molar refractivity (Wildman–Crippen MR) is 79.7 cm³/mol. The van der Waals surface area contributed by atoms with Crippen molar-refractivity contribution in [2.24, 2.45) is 0 Å². The minimum absolute atomic E-state index is 0.0452. The number of non-ortho nitro benzene ring substituents is 1. The molecule has 0 fully saturated rings. The van der Waals surface area contributed by atoms with E-state index in [0.717, 1.165) is 6.07 Å². The number of rotatable bonds is 7. The molecule has 2 N–H and O–H groups in total. The van der Waals surface area contributed by atoms with E-state index in [-0.39, 0.29) is 11.3 Å². The number of nitro groups is 1. The monoisotopic (exact) mass is 323 g/mol. The molecule has 2 amide bonds. The number of amides is 2. The van der Waals surface area contributed by atoms with Gasteiger partial charge in [-0.25, -0.2) is 0 Å². The zero-order valence-electron chi connectivity index (χ0n) is 12.7. The first-order valence-corrected chi connectivity index (χ1v) is 6.85. The van der Waals surface area contributed by atoms with Crippen LogP contribution in [0, 0.1) is 10.1 Å². The second-order valence-electron chi connectivity index (χ2n) is 4.52. The third-order valence-corrected chi connectivity index (χ3v) is 2.74. The number of benzene rings is 1. The van der Waals surface area contributed by atoms with Crippen molar-refractivity contribution in [1.82, 2.24) is 10.6 Å². The maximum absolute atomic E-state index is 11.8. The van der Waals surface area contributed by atoms with Crippen molar-refractivity contribution in [2.45, 2.75) is 20.0 Å². The lowest BCUT2D eigenvalue weighted by Crippen LogP contribution is -2.38. The van der Waals surface area contributed by atoms with E-state index in [0.29, 0.717) is 6.54 Å². The van der Waals surface area contributed by atoms with E-state index in [1.165, 1.54) is 25.1 Å². The third kappa shape index (κ3) is 5.73. The first-order chi connectivity index (χ1) is 10.8. The van der Waals surface area contributed by atoms with Crippen LogP contribution in [0.25, 0.3) is 0 Å². The average molecular weight is 323 g/mol. The minimum atomic E-state index is -0.975. The first kappa shape index (κ1) is 18.1. The molecule has 0 bridgehead atoms. The van der Waals surface area contributed by atoms with Crippen LogP contribution in [0.2, 0.25) is 0 Å². The number of nitrogens with one attached hydrogen (secondary N) is 2. The Kier molecular flexibility index (Phi) is 6.66. The van der Waals surface area contributed by atoms with Gasteiger partial charge in [0.2, 0.25) is 0 Å². The van der Waals surface area contributed by atoms with Gasteiger partial charge in [-0.3, -0.25) is 24.5 Å². The van der Waals surface area contributed by atoms with Crippen molar-refractivity contribution in [3.63, 3.8) is 0 Å². The Hall–Kier alpha value is -2.97. The Morgan fingerprint density at radius 1 is 1.30 bits per heavy atom. The normalized spacial score (nSPS) is 11.2. The quantitative estimate of drug-likeness (QED) is 0.424. The van der Waals surface area contributed by atoms with E-state index >= 15 is 0 Å². The van der Waals surface area contributed by atoms with Gasteiger partial charge in [0.05, 0.1) is 4.92 Å². The summed E-state index contributed by atoms with van der Waals surface area (Å²) in [7, 11) is 0. The van der Waals surface area contributed by atoms with Crippen LogP contribution in [0.15, 0.2) is 24.3 Å². The topological polar surface area (TPSA) is 128 Å². The van der Waals surface area contributed by atoms with E-state index < -0.39 is 35.4 Å². The van der Waals surface area contributed by atoms with Crippen LogP contribution < -0.4 is 10.6 Å². The molecule has 0 spiro atoms.